The summed E-state index contributed by atoms with van der Waals surface area (Å²) in [6, 6.07) is 7.66. The van der Waals surface area contributed by atoms with Crippen LogP contribution in [0.1, 0.15) is 5.56 Å². The number of nitrogens with zero attached hydrogens (tertiary/aromatic N) is 1. The van der Waals surface area contributed by atoms with Crippen LogP contribution in [0.25, 0.3) is 0 Å². The van der Waals surface area contributed by atoms with E-state index in [0.29, 0.717) is 13.1 Å². The topological polar surface area (TPSA) is 58.6 Å². The second kappa shape index (κ2) is 6.72. The van der Waals surface area contributed by atoms with E-state index in [4.69, 9.17) is 4.74 Å². The van der Waals surface area contributed by atoms with Crippen LogP contribution in [0.2, 0.25) is 0 Å². The lowest BCUT2D eigenvalue weighted by Gasteiger charge is -2.12. The molecule has 5 nitrogen and oxygen atoms in total. The number of ether oxygens (including phenoxy) is 1. The third kappa shape index (κ3) is 4.29. The number of para-hydroxylation sites is 1. The Hall–Kier alpha value is -1.11. The fraction of sp³-hybridized carbons (Fsp3) is 0.500. The number of benzene rings is 1. The van der Waals surface area contributed by atoms with Crippen molar-refractivity contribution in [2.45, 2.75) is 6.54 Å². The van der Waals surface area contributed by atoms with Crippen molar-refractivity contribution in [2.75, 3.05) is 33.5 Å². The van der Waals surface area contributed by atoms with Crippen molar-refractivity contribution in [2.24, 2.45) is 0 Å². The molecule has 0 aromatic heterocycles. The van der Waals surface area contributed by atoms with Gasteiger partial charge in [0, 0.05) is 32.7 Å². The first-order valence-corrected chi connectivity index (χ1v) is 7.31. The molecule has 0 heterocycles. The van der Waals surface area contributed by atoms with Crippen LogP contribution in [0.5, 0.6) is 5.75 Å². The second-order valence-electron chi connectivity index (χ2n) is 4.09. The molecule has 0 unspecified atom stereocenters. The number of hydrogen-bond acceptors (Lipinski definition) is 4. The predicted octanol–water partition coefficient (Wildman–Crippen LogP) is 0.676. The maximum absolute atomic E-state index is 11.5. The van der Waals surface area contributed by atoms with Gasteiger partial charge in [-0.2, -0.15) is 0 Å². The molecule has 102 valence electrons. The van der Waals surface area contributed by atoms with Crippen LogP contribution in [0.4, 0.5) is 0 Å². The van der Waals surface area contributed by atoms with Crippen LogP contribution in [0, 0.1) is 0 Å². The van der Waals surface area contributed by atoms with E-state index >= 15 is 0 Å². The molecule has 0 spiro atoms. The first kappa shape index (κ1) is 14.9. The molecule has 1 rings (SSSR count). The zero-order valence-corrected chi connectivity index (χ0v) is 11.8. The summed E-state index contributed by atoms with van der Waals surface area (Å²) in [4.78, 5) is 0. The SMILES string of the molecule is COc1ccccc1CNCCS(=O)(=O)N(C)C. The maximum Gasteiger partial charge on any atom is 0.214 e. The molecule has 0 aliphatic rings. The second-order valence-corrected chi connectivity index (χ2v) is 6.39. The van der Waals surface area contributed by atoms with Crippen molar-refractivity contribution >= 4 is 10.0 Å². The molecule has 0 fully saturated rings. The largest absolute Gasteiger partial charge is 0.496 e. The van der Waals surface area contributed by atoms with E-state index in [0.717, 1.165) is 11.3 Å². The molecule has 1 aromatic carbocycles. The van der Waals surface area contributed by atoms with Gasteiger partial charge in [-0.1, -0.05) is 18.2 Å². The van der Waals surface area contributed by atoms with Gasteiger partial charge >= 0.3 is 0 Å². The molecule has 0 atom stereocenters. The predicted molar refractivity (Wildman–Crippen MR) is 72.2 cm³/mol. The van der Waals surface area contributed by atoms with E-state index in [1.54, 1.807) is 7.11 Å². The molecule has 0 bridgehead atoms. The number of methoxy groups -OCH3 is 1. The number of hydrogen-bond donors (Lipinski definition) is 1. The summed E-state index contributed by atoms with van der Waals surface area (Å²) >= 11 is 0. The van der Waals surface area contributed by atoms with E-state index in [2.05, 4.69) is 5.32 Å². The third-order valence-corrected chi connectivity index (χ3v) is 4.43. The Labute approximate surface area is 109 Å². The fourth-order valence-corrected chi connectivity index (χ4v) is 2.22. The fourth-order valence-electron chi connectivity index (χ4n) is 1.46. The van der Waals surface area contributed by atoms with Gasteiger partial charge in [0.15, 0.2) is 0 Å². The normalized spacial score (nSPS) is 11.8. The minimum Gasteiger partial charge on any atom is -0.496 e. The Morgan fingerprint density at radius 3 is 2.56 bits per heavy atom. The van der Waals surface area contributed by atoms with Crippen LogP contribution in [0.3, 0.4) is 0 Å². The van der Waals surface area contributed by atoms with Crippen LogP contribution in [0.15, 0.2) is 24.3 Å². The first-order valence-electron chi connectivity index (χ1n) is 5.70. The summed E-state index contributed by atoms with van der Waals surface area (Å²) in [6.07, 6.45) is 0. The molecule has 6 heteroatoms. The Balaban J connectivity index is 2.43. The smallest absolute Gasteiger partial charge is 0.214 e. The number of nitrogens with one attached hydrogen (secondary N) is 1. The number of sulfonamides is 1. The Morgan fingerprint density at radius 2 is 1.94 bits per heavy atom. The maximum atomic E-state index is 11.5. The van der Waals surface area contributed by atoms with E-state index < -0.39 is 10.0 Å². The van der Waals surface area contributed by atoms with E-state index in [1.165, 1.54) is 18.4 Å². The molecule has 0 aliphatic heterocycles. The first-order chi connectivity index (χ1) is 8.47. The molecule has 0 radical (unpaired) electrons. The summed E-state index contributed by atoms with van der Waals surface area (Å²) in [5, 5.41) is 3.10. The van der Waals surface area contributed by atoms with Crippen molar-refractivity contribution in [3.8, 4) is 5.75 Å². The molecule has 18 heavy (non-hydrogen) atoms. The van der Waals surface area contributed by atoms with Crippen LogP contribution >= 0.6 is 0 Å². The lowest BCUT2D eigenvalue weighted by Crippen LogP contribution is -2.31. The van der Waals surface area contributed by atoms with Gasteiger partial charge < -0.3 is 10.1 Å². The molecular formula is C12H20N2O3S. The summed E-state index contributed by atoms with van der Waals surface area (Å²) in [5.74, 6) is 0.898. The van der Waals surface area contributed by atoms with Crippen molar-refractivity contribution in [1.82, 2.24) is 9.62 Å². The lowest BCUT2D eigenvalue weighted by atomic mass is 10.2. The van der Waals surface area contributed by atoms with Crippen LogP contribution in [-0.4, -0.2) is 46.2 Å². The van der Waals surface area contributed by atoms with E-state index in [1.807, 2.05) is 24.3 Å². The van der Waals surface area contributed by atoms with Gasteiger partial charge in [-0.25, -0.2) is 12.7 Å². The highest BCUT2D eigenvalue weighted by Crippen LogP contribution is 2.16. The summed E-state index contributed by atoms with van der Waals surface area (Å²) in [7, 11) is 1.57. The highest BCUT2D eigenvalue weighted by molar-refractivity contribution is 7.89. The van der Waals surface area contributed by atoms with Gasteiger partial charge in [-0.05, 0) is 6.07 Å². The van der Waals surface area contributed by atoms with Gasteiger partial charge in [0.1, 0.15) is 5.75 Å². The molecule has 0 amide bonds. The Bertz CT molecular complexity index is 472. The quantitative estimate of drug-likeness (QED) is 0.741. The summed E-state index contributed by atoms with van der Waals surface area (Å²) < 4.78 is 29.5. The van der Waals surface area contributed by atoms with Crippen molar-refractivity contribution in [3.63, 3.8) is 0 Å². The van der Waals surface area contributed by atoms with Gasteiger partial charge in [0.2, 0.25) is 10.0 Å². The third-order valence-electron chi connectivity index (χ3n) is 2.60. The highest BCUT2D eigenvalue weighted by atomic mass is 32.2. The van der Waals surface area contributed by atoms with Gasteiger partial charge in [-0.15, -0.1) is 0 Å². The lowest BCUT2D eigenvalue weighted by molar-refractivity contribution is 0.408. The number of rotatable bonds is 7. The minimum atomic E-state index is -3.13. The van der Waals surface area contributed by atoms with Crippen molar-refractivity contribution in [3.05, 3.63) is 29.8 Å². The summed E-state index contributed by atoms with van der Waals surface area (Å²) in [6.45, 7) is 1.01. The van der Waals surface area contributed by atoms with Gasteiger partial charge in [-0.3, -0.25) is 0 Å². The Morgan fingerprint density at radius 1 is 1.28 bits per heavy atom. The molecular weight excluding hydrogens is 252 g/mol. The average molecular weight is 272 g/mol. The monoisotopic (exact) mass is 272 g/mol. The molecule has 0 saturated heterocycles. The molecule has 1 aromatic rings. The van der Waals surface area contributed by atoms with E-state index in [-0.39, 0.29) is 5.75 Å². The van der Waals surface area contributed by atoms with Gasteiger partial charge in [0.05, 0.1) is 12.9 Å². The van der Waals surface area contributed by atoms with Gasteiger partial charge in [0.25, 0.3) is 0 Å². The zero-order chi connectivity index (χ0) is 13.6. The standard InChI is InChI=1S/C12H20N2O3S/c1-14(2)18(15,16)9-8-13-10-11-6-4-5-7-12(11)17-3/h4-7,13H,8-10H2,1-3H3. The highest BCUT2D eigenvalue weighted by Gasteiger charge is 2.12. The zero-order valence-electron chi connectivity index (χ0n) is 11.0. The molecule has 0 aliphatic carbocycles. The minimum absolute atomic E-state index is 0.0924. The Kier molecular flexibility index (Phi) is 5.58. The molecule has 1 N–H and O–H groups in total. The molecule has 0 saturated carbocycles. The summed E-state index contributed by atoms with van der Waals surface area (Å²) in [5.41, 5.74) is 1.02. The van der Waals surface area contributed by atoms with Crippen LogP contribution < -0.4 is 10.1 Å². The van der Waals surface area contributed by atoms with Crippen LogP contribution in [-0.2, 0) is 16.6 Å². The average Bonchev–Trinajstić information content (AvgIpc) is 2.35. The van der Waals surface area contributed by atoms with Crippen molar-refractivity contribution < 1.29 is 13.2 Å². The van der Waals surface area contributed by atoms with Crippen molar-refractivity contribution in [1.29, 1.82) is 0 Å². The van der Waals surface area contributed by atoms with E-state index in [9.17, 15) is 8.42 Å².